The normalized spacial score (nSPS) is 21.8. The van der Waals surface area contributed by atoms with Crippen LogP contribution in [0.1, 0.15) is 13.4 Å². The van der Waals surface area contributed by atoms with E-state index >= 15 is 0 Å². The van der Waals surface area contributed by atoms with Crippen LogP contribution in [0, 0.1) is 0 Å². The zero-order valence-electron chi connectivity index (χ0n) is 10.1. The molecule has 90 valence electrons. The SMILES string of the molecule is [2H]C(OC(=O)N[C@H]1CCSC1=O)c1ccccc1. The molecule has 0 radical (unpaired) electrons. The van der Waals surface area contributed by atoms with Crippen LogP contribution in [0.5, 0.6) is 0 Å². The summed E-state index contributed by atoms with van der Waals surface area (Å²) in [6, 6.07) is 8.31. The zero-order chi connectivity index (χ0) is 13.0. The van der Waals surface area contributed by atoms with Gasteiger partial charge in [-0.3, -0.25) is 4.79 Å². The van der Waals surface area contributed by atoms with Crippen LogP contribution in [0.3, 0.4) is 0 Å². The molecular formula is C12H13NO3S. The number of nitrogens with one attached hydrogen (secondary N) is 1. The van der Waals surface area contributed by atoms with Crippen LogP contribution in [-0.2, 0) is 16.1 Å². The molecule has 0 spiro atoms. The van der Waals surface area contributed by atoms with Crippen LogP contribution in [0.4, 0.5) is 4.79 Å². The maximum absolute atomic E-state index is 11.5. The Morgan fingerprint density at radius 3 is 2.94 bits per heavy atom. The Morgan fingerprint density at radius 2 is 2.29 bits per heavy atom. The number of benzene rings is 1. The van der Waals surface area contributed by atoms with Crippen molar-refractivity contribution in [2.24, 2.45) is 0 Å². The van der Waals surface area contributed by atoms with Crippen LogP contribution < -0.4 is 5.32 Å². The van der Waals surface area contributed by atoms with Crippen LogP contribution in [0.25, 0.3) is 0 Å². The minimum Gasteiger partial charge on any atom is -0.445 e. The second-order valence-corrected chi connectivity index (χ2v) is 4.69. The summed E-state index contributed by atoms with van der Waals surface area (Å²) in [7, 11) is 0. The minimum atomic E-state index is -1.07. The van der Waals surface area contributed by atoms with E-state index in [2.05, 4.69) is 5.32 Å². The Kier molecular flexibility index (Phi) is 3.59. The van der Waals surface area contributed by atoms with E-state index in [9.17, 15) is 9.59 Å². The minimum absolute atomic E-state index is 0.0480. The fourth-order valence-corrected chi connectivity index (χ4v) is 2.39. The number of thioether (sulfide) groups is 1. The molecule has 2 rings (SSSR count). The zero-order valence-corrected chi connectivity index (χ0v) is 9.91. The molecule has 1 fully saturated rings. The summed E-state index contributed by atoms with van der Waals surface area (Å²) in [5.74, 6) is 0.715. The molecule has 0 aromatic heterocycles. The lowest BCUT2D eigenvalue weighted by molar-refractivity contribution is -0.112. The third-order valence-corrected chi connectivity index (χ3v) is 3.34. The van der Waals surface area contributed by atoms with Gasteiger partial charge in [0.25, 0.3) is 0 Å². The van der Waals surface area contributed by atoms with Crippen molar-refractivity contribution in [3.05, 3.63) is 35.9 Å². The van der Waals surface area contributed by atoms with Crippen LogP contribution in [0.15, 0.2) is 30.3 Å². The molecule has 1 aromatic rings. The Labute approximate surface area is 105 Å². The number of rotatable bonds is 3. The summed E-state index contributed by atoms with van der Waals surface area (Å²) < 4.78 is 12.6. The third kappa shape index (κ3) is 3.49. The monoisotopic (exact) mass is 252 g/mol. The second-order valence-electron chi connectivity index (χ2n) is 3.59. The summed E-state index contributed by atoms with van der Waals surface area (Å²) in [5, 5.41) is 2.43. The van der Waals surface area contributed by atoms with Gasteiger partial charge in [-0.15, -0.1) is 0 Å². The molecular weight excluding hydrogens is 238 g/mol. The molecule has 1 aromatic carbocycles. The molecule has 1 N–H and O–H groups in total. The highest BCUT2D eigenvalue weighted by atomic mass is 32.2. The van der Waals surface area contributed by atoms with Gasteiger partial charge in [-0.25, -0.2) is 4.79 Å². The summed E-state index contributed by atoms with van der Waals surface area (Å²) in [5.41, 5.74) is 0.597. The molecule has 17 heavy (non-hydrogen) atoms. The fourth-order valence-electron chi connectivity index (χ4n) is 1.46. The number of ether oxygens (including phenoxy) is 1. The van der Waals surface area contributed by atoms with Crippen molar-refractivity contribution in [1.82, 2.24) is 5.32 Å². The molecule has 1 amide bonds. The van der Waals surface area contributed by atoms with Gasteiger partial charge in [0.15, 0.2) is 0 Å². The first-order valence-corrected chi connectivity index (χ1v) is 6.26. The van der Waals surface area contributed by atoms with E-state index < -0.39 is 18.7 Å². The van der Waals surface area contributed by atoms with Crippen molar-refractivity contribution < 1.29 is 15.7 Å². The number of amides is 1. The van der Waals surface area contributed by atoms with Crippen molar-refractivity contribution in [3.8, 4) is 0 Å². The first-order chi connectivity index (χ1) is 8.66. The maximum atomic E-state index is 11.5. The Hall–Kier alpha value is -1.49. The quantitative estimate of drug-likeness (QED) is 0.893. The van der Waals surface area contributed by atoms with Crippen LogP contribution in [-0.4, -0.2) is 23.0 Å². The summed E-state index contributed by atoms with van der Waals surface area (Å²) in [6.07, 6.45) is -0.105. The average Bonchev–Trinajstić information content (AvgIpc) is 2.76. The van der Waals surface area contributed by atoms with Crippen molar-refractivity contribution in [2.75, 3.05) is 5.75 Å². The standard InChI is InChI=1S/C12H13NO3S/c14-11-10(6-7-17-11)13-12(15)16-8-9-4-2-1-3-5-9/h1-5,10H,6-8H2,(H,13,15)/t10-/m0/s1/i8D/t8?,10-. The topological polar surface area (TPSA) is 55.4 Å². The molecule has 4 nitrogen and oxygen atoms in total. The van der Waals surface area contributed by atoms with E-state index in [-0.39, 0.29) is 5.12 Å². The number of hydrogen-bond donors (Lipinski definition) is 1. The van der Waals surface area contributed by atoms with Crippen LogP contribution in [0.2, 0.25) is 0 Å². The lowest BCUT2D eigenvalue weighted by Crippen LogP contribution is -2.37. The van der Waals surface area contributed by atoms with Gasteiger partial charge in [-0.2, -0.15) is 0 Å². The van der Waals surface area contributed by atoms with Gasteiger partial charge in [0.2, 0.25) is 5.12 Å². The van der Waals surface area contributed by atoms with Gasteiger partial charge in [-0.05, 0) is 12.0 Å². The highest BCUT2D eigenvalue weighted by molar-refractivity contribution is 8.14. The van der Waals surface area contributed by atoms with Gasteiger partial charge in [0.1, 0.15) is 12.6 Å². The number of carbonyl (C=O) groups excluding carboxylic acids is 2. The van der Waals surface area contributed by atoms with E-state index in [1.807, 2.05) is 6.07 Å². The molecule has 0 bridgehead atoms. The Morgan fingerprint density at radius 1 is 1.53 bits per heavy atom. The Bertz CT molecular complexity index is 440. The number of carbonyl (C=O) groups is 2. The van der Waals surface area contributed by atoms with Crippen molar-refractivity contribution in [2.45, 2.75) is 19.0 Å². The van der Waals surface area contributed by atoms with Gasteiger partial charge in [0, 0.05) is 5.75 Å². The fraction of sp³-hybridized carbons (Fsp3) is 0.333. The van der Waals surface area contributed by atoms with E-state index in [0.717, 1.165) is 0 Å². The smallest absolute Gasteiger partial charge is 0.408 e. The first kappa shape index (κ1) is 10.7. The third-order valence-electron chi connectivity index (χ3n) is 2.33. The molecule has 0 saturated carbocycles. The van der Waals surface area contributed by atoms with Crippen molar-refractivity contribution in [3.63, 3.8) is 0 Å². The highest BCUT2D eigenvalue weighted by Crippen LogP contribution is 2.19. The van der Waals surface area contributed by atoms with Gasteiger partial charge >= 0.3 is 6.09 Å². The molecule has 1 aliphatic heterocycles. The maximum Gasteiger partial charge on any atom is 0.408 e. The van der Waals surface area contributed by atoms with E-state index in [1.165, 1.54) is 11.8 Å². The molecule has 1 unspecified atom stereocenters. The predicted octanol–water partition coefficient (Wildman–Crippen LogP) is 1.94. The summed E-state index contributed by atoms with van der Waals surface area (Å²) in [6.45, 7) is -1.07. The predicted molar refractivity (Wildman–Crippen MR) is 65.6 cm³/mol. The van der Waals surface area contributed by atoms with Crippen molar-refractivity contribution in [1.29, 1.82) is 0 Å². The molecule has 0 aliphatic carbocycles. The molecule has 1 aliphatic rings. The van der Waals surface area contributed by atoms with Gasteiger partial charge < -0.3 is 10.1 Å². The van der Waals surface area contributed by atoms with Gasteiger partial charge in [0.05, 0.1) is 1.37 Å². The van der Waals surface area contributed by atoms with E-state index in [1.54, 1.807) is 24.3 Å². The van der Waals surface area contributed by atoms with Crippen molar-refractivity contribution >= 4 is 23.0 Å². The summed E-state index contributed by atoms with van der Waals surface area (Å²) in [4.78, 5) is 22.8. The number of alkyl carbamates (subject to hydrolysis) is 1. The Balaban J connectivity index is 1.86. The molecule has 2 atom stereocenters. The highest BCUT2D eigenvalue weighted by Gasteiger charge is 2.27. The summed E-state index contributed by atoms with van der Waals surface area (Å²) >= 11 is 1.21. The molecule has 1 heterocycles. The average molecular weight is 252 g/mol. The second kappa shape index (κ2) is 5.72. The van der Waals surface area contributed by atoms with Gasteiger partial charge in [-0.1, -0.05) is 42.1 Å². The van der Waals surface area contributed by atoms with E-state index in [4.69, 9.17) is 6.11 Å². The first-order valence-electron chi connectivity index (χ1n) is 5.85. The van der Waals surface area contributed by atoms with Crippen LogP contribution >= 0.6 is 11.8 Å². The largest absolute Gasteiger partial charge is 0.445 e. The number of hydrogen-bond acceptors (Lipinski definition) is 4. The lowest BCUT2D eigenvalue weighted by Gasteiger charge is -2.10. The lowest BCUT2D eigenvalue weighted by atomic mass is 10.2. The molecule has 5 heteroatoms. The van der Waals surface area contributed by atoms with E-state index in [0.29, 0.717) is 17.7 Å². The molecule has 1 saturated heterocycles.